The van der Waals surface area contributed by atoms with Crippen molar-refractivity contribution >= 4 is 23.6 Å². The van der Waals surface area contributed by atoms with Gasteiger partial charge in [-0.25, -0.2) is 0 Å². The maximum Gasteiger partial charge on any atom is 0.280 e. The summed E-state index contributed by atoms with van der Waals surface area (Å²) in [5.74, 6) is -2.08. The Kier molecular flexibility index (Phi) is 5.77. The molecule has 0 unspecified atom stereocenters. The van der Waals surface area contributed by atoms with Gasteiger partial charge in [-0.1, -0.05) is 44.2 Å². The van der Waals surface area contributed by atoms with Gasteiger partial charge >= 0.3 is 0 Å². The highest BCUT2D eigenvalue weighted by Crippen LogP contribution is 2.21. The highest BCUT2D eigenvalue weighted by Gasteiger charge is 2.38. The number of amides is 4. The van der Waals surface area contributed by atoms with E-state index < -0.39 is 23.8 Å². The number of rotatable bonds is 6. The molecule has 0 bridgehead atoms. The molecule has 4 amide bonds. The summed E-state index contributed by atoms with van der Waals surface area (Å²) in [6.07, 6.45) is 0.354. The van der Waals surface area contributed by atoms with Crippen LogP contribution in [-0.2, 0) is 4.79 Å². The molecule has 0 radical (unpaired) electrons. The van der Waals surface area contributed by atoms with Crippen molar-refractivity contribution in [1.29, 1.82) is 0 Å². The lowest BCUT2D eigenvalue weighted by Crippen LogP contribution is -2.54. The fraction of sp³-hybridized carbons (Fsp3) is 0.273. The van der Waals surface area contributed by atoms with Crippen LogP contribution >= 0.6 is 0 Å². The number of fused-ring (bicyclic) bond motifs is 1. The van der Waals surface area contributed by atoms with E-state index in [1.807, 2.05) is 32.9 Å². The van der Waals surface area contributed by atoms with Crippen molar-refractivity contribution in [2.24, 2.45) is 5.92 Å². The lowest BCUT2D eigenvalue weighted by molar-refractivity contribution is -0.126. The van der Waals surface area contributed by atoms with Crippen molar-refractivity contribution in [2.45, 2.75) is 33.2 Å². The molecule has 1 aliphatic heterocycles. The summed E-state index contributed by atoms with van der Waals surface area (Å²) in [6, 6.07) is 12.5. The first-order chi connectivity index (χ1) is 13.8. The number of hydrazine groups is 1. The van der Waals surface area contributed by atoms with Gasteiger partial charge in [-0.3, -0.25) is 24.6 Å². The van der Waals surface area contributed by atoms with Gasteiger partial charge in [0.25, 0.3) is 23.6 Å². The molecular weight excluding hydrogens is 370 g/mol. The largest absolute Gasteiger partial charge is 0.340 e. The first kappa shape index (κ1) is 20.3. The number of carbonyl (C=O) groups excluding carboxylic acids is 4. The molecule has 29 heavy (non-hydrogen) atoms. The Balaban J connectivity index is 1.77. The van der Waals surface area contributed by atoms with Crippen molar-refractivity contribution < 1.29 is 19.2 Å². The summed E-state index contributed by atoms with van der Waals surface area (Å²) in [6.45, 7) is 5.65. The zero-order chi connectivity index (χ0) is 21.1. The van der Waals surface area contributed by atoms with Crippen LogP contribution in [0, 0.1) is 12.8 Å². The van der Waals surface area contributed by atoms with E-state index in [4.69, 9.17) is 0 Å². The van der Waals surface area contributed by atoms with E-state index >= 15 is 0 Å². The first-order valence-corrected chi connectivity index (χ1v) is 9.44. The lowest BCUT2D eigenvalue weighted by Gasteiger charge is -2.23. The topological polar surface area (TPSA) is 95.6 Å². The van der Waals surface area contributed by atoms with Gasteiger partial charge in [-0.15, -0.1) is 0 Å². The minimum atomic E-state index is -0.897. The van der Waals surface area contributed by atoms with Gasteiger partial charge in [0.2, 0.25) is 0 Å². The number of hydrogen-bond acceptors (Lipinski definition) is 4. The quantitative estimate of drug-likeness (QED) is 0.737. The summed E-state index contributed by atoms with van der Waals surface area (Å²) >= 11 is 0. The fourth-order valence-electron chi connectivity index (χ4n) is 3.25. The molecule has 1 heterocycles. The number of nitrogens with zero attached hydrogens (tertiary/aromatic N) is 1. The predicted octanol–water partition coefficient (Wildman–Crippen LogP) is 2.47. The number of imide groups is 1. The summed E-state index contributed by atoms with van der Waals surface area (Å²) in [5.41, 5.74) is 4.11. The van der Waals surface area contributed by atoms with Gasteiger partial charge in [0, 0.05) is 5.56 Å². The summed E-state index contributed by atoms with van der Waals surface area (Å²) in [5, 5.41) is 3.44. The Bertz CT molecular complexity index is 949. The summed E-state index contributed by atoms with van der Waals surface area (Å²) in [4.78, 5) is 50.5. The van der Waals surface area contributed by atoms with E-state index in [2.05, 4.69) is 10.7 Å². The normalized spacial score (nSPS) is 14.0. The van der Waals surface area contributed by atoms with Crippen LogP contribution in [0.3, 0.4) is 0 Å². The van der Waals surface area contributed by atoms with Crippen LogP contribution in [-0.4, -0.2) is 34.7 Å². The minimum absolute atomic E-state index is 0.102. The third kappa shape index (κ3) is 4.18. The van der Waals surface area contributed by atoms with Crippen LogP contribution in [0.4, 0.5) is 0 Å². The molecule has 3 rings (SSSR count). The smallest absolute Gasteiger partial charge is 0.280 e. The van der Waals surface area contributed by atoms with Crippen LogP contribution in [0.15, 0.2) is 48.5 Å². The average molecular weight is 393 g/mol. The van der Waals surface area contributed by atoms with Crippen molar-refractivity contribution in [3.8, 4) is 0 Å². The second-order valence-electron chi connectivity index (χ2n) is 7.44. The molecule has 2 aromatic carbocycles. The van der Waals surface area contributed by atoms with E-state index in [-0.39, 0.29) is 23.0 Å². The monoisotopic (exact) mass is 393 g/mol. The Morgan fingerprint density at radius 1 is 0.931 bits per heavy atom. The summed E-state index contributed by atoms with van der Waals surface area (Å²) < 4.78 is 0. The number of nitrogens with one attached hydrogen (secondary N) is 2. The van der Waals surface area contributed by atoms with Crippen LogP contribution in [0.2, 0.25) is 0 Å². The molecule has 150 valence electrons. The van der Waals surface area contributed by atoms with Gasteiger partial charge < -0.3 is 5.32 Å². The SMILES string of the molecule is Cc1ccccc1C(=O)N[C@@H](CC(C)C)C(=O)NN1C(=O)c2ccccc2C1=O. The molecule has 7 heteroatoms. The molecule has 2 aromatic rings. The Morgan fingerprint density at radius 2 is 1.48 bits per heavy atom. The zero-order valence-corrected chi connectivity index (χ0v) is 16.6. The van der Waals surface area contributed by atoms with Gasteiger partial charge in [0.05, 0.1) is 11.1 Å². The van der Waals surface area contributed by atoms with Crippen LogP contribution in [0.5, 0.6) is 0 Å². The number of carbonyl (C=O) groups is 4. The number of benzene rings is 2. The van der Waals surface area contributed by atoms with Crippen molar-refractivity contribution in [2.75, 3.05) is 0 Å². The maximum atomic E-state index is 12.9. The third-order valence-electron chi connectivity index (χ3n) is 4.73. The number of aryl methyl sites for hydroxylation is 1. The molecule has 1 aliphatic rings. The molecule has 2 N–H and O–H groups in total. The van der Waals surface area contributed by atoms with Gasteiger partial charge in [-0.05, 0) is 43.0 Å². The molecule has 0 saturated heterocycles. The Labute approximate surface area is 169 Å². The molecule has 0 saturated carbocycles. The van der Waals surface area contributed by atoms with Gasteiger partial charge in [0.1, 0.15) is 6.04 Å². The maximum absolute atomic E-state index is 12.9. The van der Waals surface area contributed by atoms with Crippen molar-refractivity contribution in [3.05, 3.63) is 70.8 Å². The number of hydrogen-bond donors (Lipinski definition) is 2. The molecule has 1 atom stereocenters. The van der Waals surface area contributed by atoms with Crippen LogP contribution in [0.25, 0.3) is 0 Å². The summed E-state index contributed by atoms with van der Waals surface area (Å²) in [7, 11) is 0. The Morgan fingerprint density at radius 3 is 2.03 bits per heavy atom. The molecule has 0 aromatic heterocycles. The highest BCUT2D eigenvalue weighted by molar-refractivity contribution is 6.21. The molecule has 0 aliphatic carbocycles. The zero-order valence-electron chi connectivity index (χ0n) is 16.6. The average Bonchev–Trinajstić information content (AvgIpc) is 2.92. The van der Waals surface area contributed by atoms with E-state index in [9.17, 15) is 19.2 Å². The Hall–Kier alpha value is -3.48. The molecular formula is C22H23N3O4. The van der Waals surface area contributed by atoms with E-state index in [0.717, 1.165) is 5.56 Å². The van der Waals surface area contributed by atoms with Gasteiger partial charge in [0.15, 0.2) is 0 Å². The highest BCUT2D eigenvalue weighted by atomic mass is 16.2. The predicted molar refractivity (Wildman–Crippen MR) is 107 cm³/mol. The second-order valence-corrected chi connectivity index (χ2v) is 7.44. The van der Waals surface area contributed by atoms with E-state index in [1.54, 1.807) is 24.3 Å². The first-order valence-electron chi connectivity index (χ1n) is 9.44. The fourth-order valence-corrected chi connectivity index (χ4v) is 3.25. The van der Waals surface area contributed by atoms with E-state index in [0.29, 0.717) is 17.0 Å². The van der Waals surface area contributed by atoms with Crippen LogP contribution < -0.4 is 10.7 Å². The van der Waals surface area contributed by atoms with Gasteiger partial charge in [-0.2, -0.15) is 5.01 Å². The van der Waals surface area contributed by atoms with E-state index in [1.165, 1.54) is 12.1 Å². The third-order valence-corrected chi connectivity index (χ3v) is 4.73. The standard InChI is InChI=1S/C22H23N3O4/c1-13(2)12-18(23-19(26)15-9-5-4-8-14(15)3)20(27)24-25-21(28)16-10-6-7-11-17(16)22(25)29/h4-11,13,18H,12H2,1-3H3,(H,23,26)(H,24,27)/t18-/m0/s1. The molecule has 7 nitrogen and oxygen atoms in total. The van der Waals surface area contributed by atoms with Crippen molar-refractivity contribution in [3.63, 3.8) is 0 Å². The molecule has 0 spiro atoms. The second kappa shape index (κ2) is 8.26. The van der Waals surface area contributed by atoms with Crippen molar-refractivity contribution in [1.82, 2.24) is 15.8 Å². The minimum Gasteiger partial charge on any atom is -0.340 e. The molecule has 0 fully saturated rings. The van der Waals surface area contributed by atoms with Crippen LogP contribution in [0.1, 0.15) is 56.9 Å². The lowest BCUT2D eigenvalue weighted by atomic mass is 10.0.